The molecular weight excluding hydrogens is 989 g/mol. The number of hydrogen-bond acceptors (Lipinski definition) is 14. The maximum absolute atomic E-state index is 15.7. The van der Waals surface area contributed by atoms with Crippen LogP contribution in [0.15, 0.2) is 59.5 Å². The molecule has 0 bridgehead atoms. The highest BCUT2D eigenvalue weighted by Gasteiger charge is 2.36. The SMILES string of the molecule is CC(C)C(NC(=O)CCCCCN1C(=O)C=CC1=O)C(=O)NC(CCCNC(N)=O)C(=O)Nc1ccc(COC(=O)OC2CN(c3c(F)cc4c(=O)c(C(=O)O)cn(-c5nc(N)c(F)cc5F)c4c3Cl)C2)cc1. The number of hydrogen-bond donors (Lipinski definition) is 7. The first-order valence-corrected chi connectivity index (χ1v) is 23.1. The van der Waals surface area contributed by atoms with E-state index >= 15 is 8.78 Å². The summed E-state index contributed by atoms with van der Waals surface area (Å²) in [6.45, 7) is 3.21. The molecule has 2 aromatic heterocycles. The monoisotopic (exact) mass is 1040 g/mol. The van der Waals surface area contributed by atoms with Gasteiger partial charge in [0.1, 0.15) is 36.2 Å². The first-order valence-electron chi connectivity index (χ1n) is 22.7. The number of carboxylic acid groups (broad SMARTS) is 1. The predicted molar refractivity (Wildman–Crippen MR) is 256 cm³/mol. The van der Waals surface area contributed by atoms with E-state index in [-0.39, 0.29) is 81.0 Å². The number of amides is 7. The highest BCUT2D eigenvalue weighted by atomic mass is 35.5. The van der Waals surface area contributed by atoms with Crippen LogP contribution in [-0.4, -0.2) is 112 Å². The second-order valence-corrected chi connectivity index (χ2v) is 17.6. The largest absolute Gasteiger partial charge is 0.509 e. The summed E-state index contributed by atoms with van der Waals surface area (Å²) >= 11 is 6.63. The zero-order valence-electron chi connectivity index (χ0n) is 39.2. The first kappa shape index (κ1) is 54.1. The fraction of sp³-hybridized carbons (Fsp3) is 0.362. The van der Waals surface area contributed by atoms with E-state index in [4.69, 9.17) is 32.5 Å². The standard InChI is InChI=1S/C47H50ClF3N10O12/c1-23(2)37(57-33(62)8-4-3-5-16-60-34(63)13-14-35(60)64)44(67)56-32(7-6-15-54-46(53)70)43(66)55-25-11-9-24(10-12-25)22-72-47(71)73-26-19-59(20-26)39-29(49)17-27-38(36(39)48)61(21-28(40(27)65)45(68)69)42-31(51)18-30(50)41(52)58-42/h9-14,17-18,21,23,26,32,37H,3-8,15-16,19-20,22H2,1-2H3,(H2,52,58)(H,55,66)(H,56,67)(H,57,62)(H,68,69)(H3,53,54,70). The molecule has 4 heterocycles. The molecule has 26 heteroatoms. The Kier molecular flexibility index (Phi) is 17.6. The number of aromatic nitrogens is 2. The molecule has 6 rings (SSSR count). The molecular formula is C47H50ClF3N10O12. The van der Waals surface area contributed by atoms with E-state index in [1.807, 2.05) is 0 Å². The van der Waals surface area contributed by atoms with E-state index in [0.717, 1.165) is 9.47 Å². The van der Waals surface area contributed by atoms with Crippen LogP contribution in [0.1, 0.15) is 68.3 Å². The summed E-state index contributed by atoms with van der Waals surface area (Å²) < 4.78 is 56.0. The van der Waals surface area contributed by atoms with Crippen LogP contribution >= 0.6 is 11.6 Å². The number of fused-ring (bicyclic) bond motifs is 1. The molecule has 1 saturated heterocycles. The van der Waals surface area contributed by atoms with Gasteiger partial charge < -0.3 is 52.2 Å². The number of nitrogens with two attached hydrogens (primary N) is 2. The van der Waals surface area contributed by atoms with Crippen molar-refractivity contribution in [3.05, 3.63) is 98.6 Å². The van der Waals surface area contributed by atoms with Crippen molar-refractivity contribution in [1.82, 2.24) is 30.4 Å². The van der Waals surface area contributed by atoms with E-state index in [2.05, 4.69) is 26.3 Å². The first-order chi connectivity index (χ1) is 34.6. The Morgan fingerprint density at radius 2 is 1.59 bits per heavy atom. The molecule has 1 fully saturated rings. The number of carboxylic acids is 1. The number of carbonyl (C=O) groups is 8. The van der Waals surface area contributed by atoms with Gasteiger partial charge in [0.15, 0.2) is 23.3 Å². The molecule has 0 radical (unpaired) electrons. The molecule has 388 valence electrons. The van der Waals surface area contributed by atoms with Crippen molar-refractivity contribution in [2.75, 3.05) is 42.1 Å². The summed E-state index contributed by atoms with van der Waals surface area (Å²) in [6.07, 6.45) is 3.00. The maximum Gasteiger partial charge on any atom is 0.509 e. The quantitative estimate of drug-likeness (QED) is 0.0335. The third-order valence-electron chi connectivity index (χ3n) is 11.6. The van der Waals surface area contributed by atoms with Crippen LogP contribution in [0.25, 0.3) is 16.7 Å². The lowest BCUT2D eigenvalue weighted by molar-refractivity contribution is -0.137. The fourth-order valence-corrected chi connectivity index (χ4v) is 8.19. The number of nitrogens with zero attached hydrogens (tertiary/aromatic N) is 4. The van der Waals surface area contributed by atoms with Crippen molar-refractivity contribution in [3.8, 4) is 5.82 Å². The second-order valence-electron chi connectivity index (χ2n) is 17.3. The van der Waals surface area contributed by atoms with Crippen molar-refractivity contribution in [1.29, 1.82) is 0 Å². The van der Waals surface area contributed by atoms with Crippen LogP contribution in [0, 0.1) is 23.4 Å². The second kappa shape index (κ2) is 23.8. The number of rotatable bonds is 22. The van der Waals surface area contributed by atoms with Gasteiger partial charge in [-0.15, -0.1) is 0 Å². The maximum atomic E-state index is 15.7. The molecule has 22 nitrogen and oxygen atoms in total. The number of ether oxygens (including phenoxy) is 2. The van der Waals surface area contributed by atoms with Crippen LogP contribution in [0.2, 0.25) is 5.02 Å². The van der Waals surface area contributed by atoms with Crippen LogP contribution in [-0.2, 0) is 40.1 Å². The molecule has 4 aromatic rings. The normalized spacial score (nSPS) is 14.2. The Labute approximate surface area is 418 Å². The van der Waals surface area contributed by atoms with Gasteiger partial charge in [-0.3, -0.25) is 38.2 Å². The number of nitrogen functional groups attached to an aromatic ring is 1. The highest BCUT2D eigenvalue weighted by molar-refractivity contribution is 6.38. The number of pyridine rings is 2. The molecule has 0 aliphatic carbocycles. The Morgan fingerprint density at radius 3 is 2.23 bits per heavy atom. The van der Waals surface area contributed by atoms with Crippen molar-refractivity contribution in [2.45, 2.75) is 77.2 Å². The number of benzene rings is 2. The average molecular weight is 1040 g/mol. The molecule has 2 aromatic carbocycles. The molecule has 2 aliphatic rings. The minimum Gasteiger partial charge on any atom is -0.477 e. The van der Waals surface area contributed by atoms with Crippen LogP contribution in [0.5, 0.6) is 0 Å². The van der Waals surface area contributed by atoms with E-state index in [1.165, 1.54) is 41.3 Å². The van der Waals surface area contributed by atoms with Gasteiger partial charge in [-0.05, 0) is 55.4 Å². The number of unbranched alkanes of at least 4 members (excludes halogenated alkanes) is 2. The molecule has 73 heavy (non-hydrogen) atoms. The average Bonchev–Trinajstić information content (AvgIpc) is 3.64. The number of primary amides is 1. The zero-order valence-corrected chi connectivity index (χ0v) is 39.9. The molecule has 0 saturated carbocycles. The van der Waals surface area contributed by atoms with E-state index in [0.29, 0.717) is 48.8 Å². The van der Waals surface area contributed by atoms with Gasteiger partial charge in [-0.2, -0.15) is 0 Å². The lowest BCUT2D eigenvalue weighted by Gasteiger charge is -2.40. The van der Waals surface area contributed by atoms with E-state index in [1.54, 1.807) is 13.8 Å². The Morgan fingerprint density at radius 1 is 0.904 bits per heavy atom. The van der Waals surface area contributed by atoms with Gasteiger partial charge >= 0.3 is 18.2 Å². The Bertz CT molecular complexity index is 2910. The Balaban J connectivity index is 1.01. The third-order valence-corrected chi connectivity index (χ3v) is 12.0. The predicted octanol–water partition coefficient (Wildman–Crippen LogP) is 3.78. The van der Waals surface area contributed by atoms with Crippen LogP contribution < -0.4 is 43.1 Å². The number of urea groups is 1. The molecule has 2 atom stereocenters. The molecule has 9 N–H and O–H groups in total. The van der Waals surface area contributed by atoms with Gasteiger partial charge in [0.05, 0.1) is 34.7 Å². The van der Waals surface area contributed by atoms with Gasteiger partial charge in [-0.1, -0.05) is 44.0 Å². The summed E-state index contributed by atoms with van der Waals surface area (Å²) in [6, 6.07) is 4.27. The van der Waals surface area contributed by atoms with Crippen molar-refractivity contribution in [3.63, 3.8) is 0 Å². The van der Waals surface area contributed by atoms with Crippen LogP contribution in [0.4, 0.5) is 40.0 Å². The number of carbonyl (C=O) groups excluding carboxylic acids is 7. The molecule has 7 amide bonds. The van der Waals surface area contributed by atoms with Gasteiger partial charge in [0.2, 0.25) is 23.2 Å². The Hall–Kier alpha value is -8.22. The van der Waals surface area contributed by atoms with Gasteiger partial charge in [-0.25, -0.2) is 32.5 Å². The highest BCUT2D eigenvalue weighted by Crippen LogP contribution is 2.39. The zero-order chi connectivity index (χ0) is 53.3. The van der Waals surface area contributed by atoms with Crippen molar-refractivity contribution >= 4 is 87.4 Å². The van der Waals surface area contributed by atoms with E-state index < -0.39 is 105 Å². The minimum absolute atomic E-state index is 0.0647. The van der Waals surface area contributed by atoms with E-state index in [9.17, 15) is 52.6 Å². The van der Waals surface area contributed by atoms with Gasteiger partial charge in [0.25, 0.3) is 11.8 Å². The lowest BCUT2D eigenvalue weighted by Crippen LogP contribution is -2.54. The topological polar surface area (TPSA) is 317 Å². The van der Waals surface area contributed by atoms with Crippen molar-refractivity contribution < 1.29 is 66.1 Å². The summed E-state index contributed by atoms with van der Waals surface area (Å²) in [4.78, 5) is 119. The third kappa shape index (κ3) is 13.4. The minimum atomic E-state index is -1.73. The number of halogens is 4. The molecule has 2 aliphatic heterocycles. The lowest BCUT2D eigenvalue weighted by atomic mass is 10.0. The smallest absolute Gasteiger partial charge is 0.477 e. The van der Waals surface area contributed by atoms with Gasteiger partial charge in [0, 0.05) is 49.6 Å². The van der Waals surface area contributed by atoms with Crippen molar-refractivity contribution in [2.24, 2.45) is 11.7 Å². The summed E-state index contributed by atoms with van der Waals surface area (Å²) in [5.41, 5.74) is 8.74. The molecule has 0 spiro atoms. The number of aromatic carboxylic acids is 1. The number of anilines is 3. The number of imide groups is 1. The fourth-order valence-electron chi connectivity index (χ4n) is 7.79. The summed E-state index contributed by atoms with van der Waals surface area (Å²) in [5.74, 6) is -9.63. The summed E-state index contributed by atoms with van der Waals surface area (Å²) in [5, 5.41) is 19.2. The summed E-state index contributed by atoms with van der Waals surface area (Å²) in [7, 11) is 0. The van der Waals surface area contributed by atoms with Crippen LogP contribution in [0.3, 0.4) is 0 Å². The molecule has 2 unspecified atom stereocenters. The number of nitrogens with one attached hydrogen (secondary N) is 4.